The summed E-state index contributed by atoms with van der Waals surface area (Å²) in [6, 6.07) is 7.63. The Kier molecular flexibility index (Phi) is 7.60. The van der Waals surface area contributed by atoms with Gasteiger partial charge in [-0.25, -0.2) is 4.98 Å². The molecule has 3 rings (SSSR count). The number of hydrogen-bond donors (Lipinski definition) is 4. The van der Waals surface area contributed by atoms with E-state index in [0.717, 1.165) is 11.3 Å². The summed E-state index contributed by atoms with van der Waals surface area (Å²) < 4.78 is 5.31. The number of hydrazine groups is 1. The number of aromatic nitrogens is 2. The molecule has 0 saturated carbocycles. The van der Waals surface area contributed by atoms with Crippen molar-refractivity contribution in [3.8, 4) is 0 Å². The van der Waals surface area contributed by atoms with Gasteiger partial charge in [0, 0.05) is 36.5 Å². The van der Waals surface area contributed by atoms with E-state index in [-0.39, 0.29) is 36.8 Å². The summed E-state index contributed by atoms with van der Waals surface area (Å²) in [4.78, 5) is 45.6. The highest BCUT2D eigenvalue weighted by molar-refractivity contribution is 5.84. The van der Waals surface area contributed by atoms with E-state index < -0.39 is 0 Å². The van der Waals surface area contributed by atoms with Gasteiger partial charge in [-0.05, 0) is 32.4 Å². The zero-order valence-electron chi connectivity index (χ0n) is 17.8. The first-order valence-electron chi connectivity index (χ1n) is 10.2. The average Bonchev–Trinajstić information content (AvgIpc) is 2.77. The second kappa shape index (κ2) is 10.6. The molecule has 0 unspecified atom stereocenters. The Morgan fingerprint density at radius 1 is 1.10 bits per heavy atom. The van der Waals surface area contributed by atoms with Gasteiger partial charge in [-0.3, -0.25) is 30.2 Å². The predicted molar refractivity (Wildman–Crippen MR) is 117 cm³/mol. The summed E-state index contributed by atoms with van der Waals surface area (Å²) in [5.74, 6) is -0.244. The maximum absolute atomic E-state index is 12.5. The first kappa shape index (κ1) is 22.3. The molecule has 10 nitrogen and oxygen atoms in total. The molecule has 1 fully saturated rings. The minimum absolute atomic E-state index is 0.0229. The second-order valence-corrected chi connectivity index (χ2v) is 7.37. The second-order valence-electron chi connectivity index (χ2n) is 7.37. The van der Waals surface area contributed by atoms with E-state index in [0.29, 0.717) is 43.5 Å². The first-order valence-corrected chi connectivity index (χ1v) is 10.2. The van der Waals surface area contributed by atoms with Crippen molar-refractivity contribution < 1.29 is 14.3 Å². The highest BCUT2D eigenvalue weighted by Gasteiger charge is 2.17. The van der Waals surface area contributed by atoms with Gasteiger partial charge >= 0.3 is 0 Å². The lowest BCUT2D eigenvalue weighted by atomic mass is 10.1. The molecule has 0 bridgehead atoms. The molecule has 4 N–H and O–H groups in total. The molecule has 1 aromatic heterocycles. The van der Waals surface area contributed by atoms with Crippen LogP contribution >= 0.6 is 0 Å². The van der Waals surface area contributed by atoms with Crippen molar-refractivity contribution in [3.63, 3.8) is 0 Å². The van der Waals surface area contributed by atoms with Gasteiger partial charge in [-0.15, -0.1) is 0 Å². The quantitative estimate of drug-likeness (QED) is 0.470. The number of H-pyrrole nitrogens is 1. The summed E-state index contributed by atoms with van der Waals surface area (Å²) in [7, 11) is 0. The topological polar surface area (TPSA) is 128 Å². The van der Waals surface area contributed by atoms with Crippen LogP contribution in [0.3, 0.4) is 0 Å². The number of carbonyl (C=O) groups excluding carboxylic acids is 2. The molecule has 1 aromatic carbocycles. The van der Waals surface area contributed by atoms with Gasteiger partial charge in [0.15, 0.2) is 0 Å². The number of amides is 2. The highest BCUT2D eigenvalue weighted by Crippen LogP contribution is 2.11. The minimum atomic E-state index is -0.389. The standard InChI is InChI=1S/C21H28N6O4/c1-14-3-5-16(6-4-14)22-13-19(29)26-25-18(28)8-7-17-15(2)23-21(24-20(17)30)27-9-11-31-12-10-27/h3-6,22H,7-13H2,1-2H3,(H,25,28)(H,26,29)(H,23,24,30). The zero-order chi connectivity index (χ0) is 22.2. The molecule has 0 aliphatic carbocycles. The van der Waals surface area contributed by atoms with Crippen molar-refractivity contribution in [1.82, 2.24) is 20.8 Å². The Morgan fingerprint density at radius 3 is 2.45 bits per heavy atom. The number of ether oxygens (including phenoxy) is 1. The average molecular weight is 428 g/mol. The van der Waals surface area contributed by atoms with Crippen molar-refractivity contribution in [2.75, 3.05) is 43.1 Å². The highest BCUT2D eigenvalue weighted by atomic mass is 16.5. The van der Waals surface area contributed by atoms with Crippen LogP contribution in [0.1, 0.15) is 23.2 Å². The van der Waals surface area contributed by atoms with Crippen molar-refractivity contribution >= 4 is 23.5 Å². The molecule has 0 spiro atoms. The summed E-state index contributed by atoms with van der Waals surface area (Å²) in [6.07, 6.45) is 0.273. The number of anilines is 2. The number of nitrogens with one attached hydrogen (secondary N) is 4. The Morgan fingerprint density at radius 2 is 1.77 bits per heavy atom. The van der Waals surface area contributed by atoms with Crippen LogP contribution in [0.2, 0.25) is 0 Å². The number of aryl methyl sites for hydroxylation is 2. The fraction of sp³-hybridized carbons (Fsp3) is 0.429. The van der Waals surface area contributed by atoms with Crippen molar-refractivity contribution in [3.05, 3.63) is 51.4 Å². The lowest BCUT2D eigenvalue weighted by Gasteiger charge is -2.27. The third-order valence-electron chi connectivity index (χ3n) is 4.97. The summed E-state index contributed by atoms with van der Waals surface area (Å²) >= 11 is 0. The molecule has 31 heavy (non-hydrogen) atoms. The van der Waals surface area contributed by atoms with Gasteiger partial charge in [0.2, 0.25) is 11.9 Å². The van der Waals surface area contributed by atoms with E-state index in [1.54, 1.807) is 6.92 Å². The third-order valence-corrected chi connectivity index (χ3v) is 4.97. The molecule has 0 radical (unpaired) electrons. The van der Waals surface area contributed by atoms with Gasteiger partial charge in [0.25, 0.3) is 11.5 Å². The number of aromatic amines is 1. The van der Waals surface area contributed by atoms with Gasteiger partial charge in [-0.2, -0.15) is 0 Å². The molecule has 2 amide bonds. The summed E-state index contributed by atoms with van der Waals surface area (Å²) in [6.45, 7) is 6.29. The molecule has 0 atom stereocenters. The fourth-order valence-electron chi connectivity index (χ4n) is 3.15. The molecule has 1 saturated heterocycles. The Hall–Kier alpha value is -3.40. The van der Waals surface area contributed by atoms with Gasteiger partial charge in [0.1, 0.15) is 0 Å². The van der Waals surface area contributed by atoms with Gasteiger partial charge in [0.05, 0.1) is 19.8 Å². The SMILES string of the molecule is Cc1ccc(NCC(=O)NNC(=O)CCc2c(C)nc(N3CCOCC3)[nH]c2=O)cc1. The monoisotopic (exact) mass is 428 g/mol. The molecule has 1 aliphatic rings. The van der Waals surface area contributed by atoms with E-state index in [2.05, 4.69) is 26.1 Å². The largest absolute Gasteiger partial charge is 0.378 e. The van der Waals surface area contributed by atoms with Crippen LogP contribution in [0.4, 0.5) is 11.6 Å². The smallest absolute Gasteiger partial charge is 0.257 e. The number of hydrogen-bond acceptors (Lipinski definition) is 7. The first-order chi connectivity index (χ1) is 14.9. The van der Waals surface area contributed by atoms with Crippen LogP contribution in [-0.2, 0) is 20.7 Å². The van der Waals surface area contributed by atoms with Crippen molar-refractivity contribution in [1.29, 1.82) is 0 Å². The van der Waals surface area contributed by atoms with E-state index in [4.69, 9.17) is 4.74 Å². The van der Waals surface area contributed by atoms with Crippen LogP contribution in [0.25, 0.3) is 0 Å². The van der Waals surface area contributed by atoms with E-state index in [1.165, 1.54) is 0 Å². The number of morpholine rings is 1. The number of rotatable bonds is 7. The molecule has 1 aliphatic heterocycles. The number of carbonyl (C=O) groups is 2. The normalized spacial score (nSPS) is 13.5. The van der Waals surface area contributed by atoms with Gasteiger partial charge in [-0.1, -0.05) is 17.7 Å². The number of nitrogens with zero attached hydrogens (tertiary/aromatic N) is 2. The summed E-state index contributed by atoms with van der Waals surface area (Å²) in [5.41, 5.74) is 7.46. The maximum Gasteiger partial charge on any atom is 0.257 e. The van der Waals surface area contributed by atoms with E-state index in [1.807, 2.05) is 36.1 Å². The van der Waals surface area contributed by atoms with Crippen molar-refractivity contribution in [2.24, 2.45) is 0 Å². The minimum Gasteiger partial charge on any atom is -0.378 e. The van der Waals surface area contributed by atoms with Crippen molar-refractivity contribution in [2.45, 2.75) is 26.7 Å². The molecule has 2 aromatic rings. The summed E-state index contributed by atoms with van der Waals surface area (Å²) in [5, 5.41) is 2.97. The predicted octanol–water partition coefficient (Wildman–Crippen LogP) is 0.415. The van der Waals surface area contributed by atoms with E-state index >= 15 is 0 Å². The molecule has 10 heteroatoms. The Bertz CT molecular complexity index is 967. The lowest BCUT2D eigenvalue weighted by Crippen LogP contribution is -2.44. The number of benzene rings is 1. The molecule has 2 heterocycles. The lowest BCUT2D eigenvalue weighted by molar-refractivity contribution is -0.128. The fourth-order valence-corrected chi connectivity index (χ4v) is 3.15. The van der Waals surface area contributed by atoms with Crippen LogP contribution in [-0.4, -0.2) is 54.6 Å². The molecular weight excluding hydrogens is 400 g/mol. The van der Waals surface area contributed by atoms with Crippen LogP contribution in [0.15, 0.2) is 29.1 Å². The maximum atomic E-state index is 12.5. The van der Waals surface area contributed by atoms with Crippen LogP contribution in [0.5, 0.6) is 0 Å². The van der Waals surface area contributed by atoms with Gasteiger partial charge < -0.3 is 15.0 Å². The molecular formula is C21H28N6O4. The van der Waals surface area contributed by atoms with Crippen LogP contribution < -0.4 is 26.6 Å². The molecule has 166 valence electrons. The van der Waals surface area contributed by atoms with E-state index in [9.17, 15) is 14.4 Å². The zero-order valence-corrected chi connectivity index (χ0v) is 17.8. The Balaban J connectivity index is 1.44. The van der Waals surface area contributed by atoms with Crippen LogP contribution in [0, 0.1) is 13.8 Å². The third kappa shape index (κ3) is 6.54. The Labute approximate surface area is 180 Å².